The van der Waals surface area contributed by atoms with Crippen LogP contribution in [0, 0.1) is 11.7 Å². The zero-order valence-corrected chi connectivity index (χ0v) is 27.9. The van der Waals surface area contributed by atoms with Gasteiger partial charge in [-0.1, -0.05) is 99.1 Å². The first-order chi connectivity index (χ1) is 20.5. The maximum Gasteiger partial charge on any atom is 0.132 e. The summed E-state index contributed by atoms with van der Waals surface area (Å²) in [5.74, 6) is 1.23. The van der Waals surface area contributed by atoms with Gasteiger partial charge in [-0.3, -0.25) is 0 Å². The van der Waals surface area contributed by atoms with Crippen molar-refractivity contribution < 1.29 is 18.6 Å². The van der Waals surface area contributed by atoms with E-state index < -0.39 is 11.7 Å². The van der Waals surface area contributed by atoms with Gasteiger partial charge < -0.3 is 19.5 Å². The van der Waals surface area contributed by atoms with E-state index in [9.17, 15) is 4.39 Å². The minimum atomic E-state index is -0.669. The molecule has 2 aliphatic rings. The molecule has 0 spiro atoms. The number of fused-ring (bicyclic) bond motifs is 1. The summed E-state index contributed by atoms with van der Waals surface area (Å²) in [6.45, 7) is 12.3. The Bertz CT molecular complexity index is 1360. The SMILES string of the molecule is CC(C)(C)c1ccc(CNc2ccc3c(c2)C(OCCC2CCCCC2)C(OCc2ccc(Br)cc2F)C(C)(C)O3)cc1. The summed E-state index contributed by atoms with van der Waals surface area (Å²) in [7, 11) is 0. The third-order valence-corrected chi connectivity index (χ3v) is 9.44. The molecule has 1 heterocycles. The first kappa shape index (κ1) is 32.0. The molecule has 0 amide bonds. The Kier molecular flexibility index (Phi) is 10.2. The first-order valence-corrected chi connectivity index (χ1v) is 16.6. The van der Waals surface area contributed by atoms with Crippen LogP contribution >= 0.6 is 15.9 Å². The predicted molar refractivity (Wildman–Crippen MR) is 176 cm³/mol. The highest BCUT2D eigenvalue weighted by Crippen LogP contribution is 2.45. The van der Waals surface area contributed by atoms with Crippen LogP contribution in [0.3, 0.4) is 0 Å². The molecule has 2 atom stereocenters. The van der Waals surface area contributed by atoms with Crippen LogP contribution in [0.1, 0.15) is 102 Å². The highest BCUT2D eigenvalue weighted by atomic mass is 79.9. The van der Waals surface area contributed by atoms with Gasteiger partial charge in [0.1, 0.15) is 29.4 Å². The fraction of sp³-hybridized carbons (Fsp3) is 0.514. The molecular formula is C37H47BrFNO3. The molecule has 4 nitrogen and oxygen atoms in total. The summed E-state index contributed by atoms with van der Waals surface area (Å²) in [6, 6.07) is 20.1. The maximum atomic E-state index is 14.7. The number of nitrogens with one attached hydrogen (secondary N) is 1. The molecule has 5 rings (SSSR count). The fourth-order valence-corrected chi connectivity index (χ4v) is 6.62. The molecule has 43 heavy (non-hydrogen) atoms. The van der Waals surface area contributed by atoms with E-state index in [4.69, 9.17) is 14.2 Å². The maximum absolute atomic E-state index is 14.7. The number of halogens is 2. The van der Waals surface area contributed by atoms with Gasteiger partial charge in [-0.05, 0) is 73.1 Å². The van der Waals surface area contributed by atoms with Crippen molar-refractivity contribution in [1.82, 2.24) is 0 Å². The van der Waals surface area contributed by atoms with E-state index >= 15 is 0 Å². The Morgan fingerprint density at radius 3 is 2.40 bits per heavy atom. The van der Waals surface area contributed by atoms with Gasteiger partial charge in [-0.15, -0.1) is 0 Å². The normalized spacial score (nSPS) is 20.3. The summed E-state index contributed by atoms with van der Waals surface area (Å²) in [5, 5.41) is 3.60. The van der Waals surface area contributed by atoms with Crippen LogP contribution in [-0.4, -0.2) is 18.3 Å². The molecule has 0 radical (unpaired) electrons. The molecule has 3 aromatic rings. The van der Waals surface area contributed by atoms with Crippen molar-refractivity contribution in [1.29, 1.82) is 0 Å². The van der Waals surface area contributed by atoms with Crippen molar-refractivity contribution in [2.24, 2.45) is 5.92 Å². The second-order valence-electron chi connectivity index (χ2n) is 13.8. The van der Waals surface area contributed by atoms with E-state index in [0.717, 1.165) is 29.3 Å². The smallest absolute Gasteiger partial charge is 0.132 e. The molecule has 0 bridgehead atoms. The van der Waals surface area contributed by atoms with E-state index in [-0.39, 0.29) is 23.9 Å². The Hall–Kier alpha value is -2.41. The van der Waals surface area contributed by atoms with E-state index in [1.54, 1.807) is 6.07 Å². The molecule has 1 fully saturated rings. The Balaban J connectivity index is 1.36. The summed E-state index contributed by atoms with van der Waals surface area (Å²) in [4.78, 5) is 0. The highest BCUT2D eigenvalue weighted by Gasteiger charge is 2.46. The largest absolute Gasteiger partial charge is 0.485 e. The molecule has 1 aliphatic carbocycles. The molecule has 1 saturated carbocycles. The van der Waals surface area contributed by atoms with Crippen LogP contribution in [0.15, 0.2) is 65.1 Å². The molecule has 1 aliphatic heterocycles. The fourth-order valence-electron chi connectivity index (χ4n) is 6.29. The van der Waals surface area contributed by atoms with Gasteiger partial charge in [0.2, 0.25) is 0 Å². The molecule has 2 unspecified atom stereocenters. The van der Waals surface area contributed by atoms with Gasteiger partial charge in [-0.2, -0.15) is 0 Å². The molecular weight excluding hydrogens is 605 g/mol. The summed E-state index contributed by atoms with van der Waals surface area (Å²) < 4.78 is 35.2. The molecule has 3 aromatic carbocycles. The topological polar surface area (TPSA) is 39.7 Å². The van der Waals surface area contributed by atoms with Crippen molar-refractivity contribution in [3.63, 3.8) is 0 Å². The van der Waals surface area contributed by atoms with Crippen molar-refractivity contribution in [3.05, 3.63) is 93.2 Å². The van der Waals surface area contributed by atoms with Crippen molar-refractivity contribution >= 4 is 21.6 Å². The molecule has 232 valence electrons. The molecule has 6 heteroatoms. The first-order valence-electron chi connectivity index (χ1n) is 15.8. The summed E-state index contributed by atoms with van der Waals surface area (Å²) in [6.07, 6.45) is 6.83. The highest BCUT2D eigenvalue weighted by molar-refractivity contribution is 9.10. The second-order valence-corrected chi connectivity index (χ2v) is 14.7. The molecule has 1 N–H and O–H groups in total. The van der Waals surface area contributed by atoms with Crippen LogP contribution in [0.4, 0.5) is 10.1 Å². The van der Waals surface area contributed by atoms with E-state index in [1.807, 2.05) is 26.0 Å². The predicted octanol–water partition coefficient (Wildman–Crippen LogP) is 10.3. The Morgan fingerprint density at radius 2 is 1.70 bits per heavy atom. The van der Waals surface area contributed by atoms with Gasteiger partial charge in [0.15, 0.2) is 0 Å². The average molecular weight is 653 g/mol. The number of ether oxygens (including phenoxy) is 3. The van der Waals surface area contributed by atoms with Gasteiger partial charge in [0.25, 0.3) is 0 Å². The lowest BCUT2D eigenvalue weighted by Crippen LogP contribution is -2.51. The van der Waals surface area contributed by atoms with E-state index in [0.29, 0.717) is 23.2 Å². The lowest BCUT2D eigenvalue weighted by Gasteiger charge is -2.44. The number of anilines is 1. The van der Waals surface area contributed by atoms with Crippen LogP contribution in [-0.2, 0) is 28.0 Å². The van der Waals surface area contributed by atoms with Crippen LogP contribution < -0.4 is 10.1 Å². The number of rotatable bonds is 10. The third-order valence-electron chi connectivity index (χ3n) is 8.95. The Labute approximate surface area is 265 Å². The quantitative estimate of drug-likeness (QED) is 0.237. The van der Waals surface area contributed by atoms with Gasteiger partial charge in [0, 0.05) is 34.4 Å². The third kappa shape index (κ3) is 8.20. The molecule has 0 saturated heterocycles. The van der Waals surface area contributed by atoms with Crippen molar-refractivity contribution in [2.75, 3.05) is 11.9 Å². The minimum absolute atomic E-state index is 0.131. The van der Waals surface area contributed by atoms with Gasteiger partial charge >= 0.3 is 0 Å². The molecule has 0 aromatic heterocycles. The Morgan fingerprint density at radius 1 is 0.953 bits per heavy atom. The summed E-state index contributed by atoms with van der Waals surface area (Å²) >= 11 is 3.35. The lowest BCUT2D eigenvalue weighted by atomic mass is 9.86. The average Bonchev–Trinajstić information content (AvgIpc) is 2.96. The van der Waals surface area contributed by atoms with E-state index in [1.165, 1.54) is 49.3 Å². The van der Waals surface area contributed by atoms with Crippen molar-refractivity contribution in [3.8, 4) is 5.75 Å². The standard InChI is InChI=1S/C37H47BrFNO3/c1-36(2,3)28-14-11-26(12-15-28)23-40-30-17-18-33-31(22-30)34(41-20-19-25-9-7-6-8-10-25)35(37(4,5)43-33)42-24-27-13-16-29(38)21-32(27)39/h11-18,21-22,25,34-35,40H,6-10,19-20,23-24H2,1-5H3. The monoisotopic (exact) mass is 651 g/mol. The van der Waals surface area contributed by atoms with Crippen LogP contribution in [0.25, 0.3) is 0 Å². The van der Waals surface area contributed by atoms with E-state index in [2.05, 4.69) is 78.4 Å². The second kappa shape index (κ2) is 13.7. The number of hydrogen-bond acceptors (Lipinski definition) is 4. The summed E-state index contributed by atoms with van der Waals surface area (Å²) in [5.41, 5.74) is 4.49. The van der Waals surface area contributed by atoms with Crippen LogP contribution in [0.5, 0.6) is 5.75 Å². The van der Waals surface area contributed by atoms with Gasteiger partial charge in [0.05, 0.1) is 6.61 Å². The number of hydrogen-bond donors (Lipinski definition) is 1. The van der Waals surface area contributed by atoms with Crippen molar-refractivity contribution in [2.45, 2.75) is 110 Å². The zero-order chi connectivity index (χ0) is 30.6. The number of benzene rings is 3. The minimum Gasteiger partial charge on any atom is -0.485 e. The zero-order valence-electron chi connectivity index (χ0n) is 26.4. The van der Waals surface area contributed by atoms with Crippen LogP contribution in [0.2, 0.25) is 0 Å². The van der Waals surface area contributed by atoms with Gasteiger partial charge in [-0.25, -0.2) is 4.39 Å². The lowest BCUT2D eigenvalue weighted by molar-refractivity contribution is -0.168.